The van der Waals surface area contributed by atoms with Gasteiger partial charge in [0.05, 0.1) is 0 Å². The second-order valence-corrected chi connectivity index (χ2v) is 5.04. The van der Waals surface area contributed by atoms with E-state index in [1.165, 1.54) is 0 Å². The van der Waals surface area contributed by atoms with Crippen LogP contribution in [0.5, 0.6) is 0 Å². The highest BCUT2D eigenvalue weighted by Gasteiger charge is 2.57. The smallest absolute Gasteiger partial charge is 0.329 e. The van der Waals surface area contributed by atoms with Gasteiger partial charge in [-0.25, -0.2) is 0 Å². The SMILES string of the molecule is O=C(CCl)N1CC2(CCC2)CC1C(F)(F)F. The summed E-state index contributed by atoms with van der Waals surface area (Å²) in [6.45, 7) is 0.225. The summed E-state index contributed by atoms with van der Waals surface area (Å²) in [6.07, 6.45) is -1.72. The lowest BCUT2D eigenvalue weighted by atomic mass is 9.67. The van der Waals surface area contributed by atoms with Gasteiger partial charge in [-0.2, -0.15) is 13.2 Å². The van der Waals surface area contributed by atoms with Crippen LogP contribution in [0, 0.1) is 5.41 Å². The van der Waals surface area contributed by atoms with E-state index in [2.05, 4.69) is 0 Å². The Morgan fingerprint density at radius 2 is 2.06 bits per heavy atom. The Morgan fingerprint density at radius 1 is 1.44 bits per heavy atom. The van der Waals surface area contributed by atoms with E-state index in [4.69, 9.17) is 11.6 Å². The van der Waals surface area contributed by atoms with Crippen molar-refractivity contribution < 1.29 is 18.0 Å². The average molecular weight is 256 g/mol. The van der Waals surface area contributed by atoms with Crippen LogP contribution >= 0.6 is 11.6 Å². The molecule has 2 rings (SSSR count). The van der Waals surface area contributed by atoms with Gasteiger partial charge in [0.1, 0.15) is 11.9 Å². The summed E-state index contributed by atoms with van der Waals surface area (Å²) < 4.78 is 38.3. The van der Waals surface area contributed by atoms with Crippen LogP contribution in [0.2, 0.25) is 0 Å². The van der Waals surface area contributed by atoms with E-state index < -0.39 is 18.1 Å². The number of alkyl halides is 4. The van der Waals surface area contributed by atoms with Gasteiger partial charge in [-0.3, -0.25) is 4.79 Å². The number of halogens is 4. The fraction of sp³-hybridized carbons (Fsp3) is 0.900. The third-order valence-electron chi connectivity index (χ3n) is 3.74. The molecule has 0 bridgehead atoms. The maximum Gasteiger partial charge on any atom is 0.408 e. The van der Waals surface area contributed by atoms with Crippen molar-refractivity contribution >= 4 is 17.5 Å². The lowest BCUT2D eigenvalue weighted by Gasteiger charge is -2.37. The highest BCUT2D eigenvalue weighted by Crippen LogP contribution is 2.53. The van der Waals surface area contributed by atoms with E-state index in [0.29, 0.717) is 0 Å². The third kappa shape index (κ3) is 1.90. The molecule has 1 aliphatic heterocycles. The molecule has 0 aromatic carbocycles. The summed E-state index contributed by atoms with van der Waals surface area (Å²) in [7, 11) is 0. The van der Waals surface area contributed by atoms with Gasteiger partial charge in [-0.05, 0) is 24.7 Å². The first-order valence-corrected chi connectivity index (χ1v) is 5.84. The topological polar surface area (TPSA) is 20.3 Å². The number of likely N-dealkylation sites (tertiary alicyclic amines) is 1. The Bertz CT molecular complexity index is 301. The van der Waals surface area contributed by atoms with E-state index >= 15 is 0 Å². The van der Waals surface area contributed by atoms with Crippen molar-refractivity contribution in [2.75, 3.05) is 12.4 Å². The van der Waals surface area contributed by atoms with Crippen LogP contribution < -0.4 is 0 Å². The molecule has 0 aromatic heterocycles. The van der Waals surface area contributed by atoms with Crippen LogP contribution in [0.25, 0.3) is 0 Å². The van der Waals surface area contributed by atoms with E-state index in [-0.39, 0.29) is 24.3 Å². The van der Waals surface area contributed by atoms with Gasteiger partial charge in [0.25, 0.3) is 0 Å². The fourth-order valence-electron chi connectivity index (χ4n) is 2.73. The molecule has 1 saturated carbocycles. The molecule has 1 saturated heterocycles. The highest BCUT2D eigenvalue weighted by atomic mass is 35.5. The van der Waals surface area contributed by atoms with Crippen molar-refractivity contribution in [3.05, 3.63) is 0 Å². The van der Waals surface area contributed by atoms with Gasteiger partial charge in [0.2, 0.25) is 5.91 Å². The summed E-state index contributed by atoms with van der Waals surface area (Å²) in [6, 6.07) is -1.63. The van der Waals surface area contributed by atoms with Gasteiger partial charge in [-0.15, -0.1) is 11.6 Å². The Hall–Kier alpha value is -0.450. The van der Waals surface area contributed by atoms with Crippen LogP contribution in [-0.2, 0) is 4.79 Å². The van der Waals surface area contributed by atoms with Crippen LogP contribution in [0.15, 0.2) is 0 Å². The van der Waals surface area contributed by atoms with Crippen LogP contribution in [0.4, 0.5) is 13.2 Å². The highest BCUT2D eigenvalue weighted by molar-refractivity contribution is 6.27. The maximum absolute atomic E-state index is 12.8. The van der Waals surface area contributed by atoms with Gasteiger partial charge < -0.3 is 4.90 Å². The monoisotopic (exact) mass is 255 g/mol. The fourth-order valence-corrected chi connectivity index (χ4v) is 2.88. The van der Waals surface area contributed by atoms with Crippen molar-refractivity contribution in [2.24, 2.45) is 5.41 Å². The summed E-state index contributed by atoms with van der Waals surface area (Å²) >= 11 is 5.34. The van der Waals surface area contributed by atoms with Gasteiger partial charge >= 0.3 is 6.18 Å². The molecular weight excluding hydrogens is 243 g/mol. The molecule has 0 radical (unpaired) electrons. The summed E-state index contributed by atoms with van der Waals surface area (Å²) in [5.74, 6) is -0.976. The van der Waals surface area contributed by atoms with Crippen molar-refractivity contribution in [3.8, 4) is 0 Å². The minimum Gasteiger partial charge on any atom is -0.329 e. The molecule has 1 amide bonds. The van der Waals surface area contributed by atoms with Gasteiger partial charge in [0.15, 0.2) is 0 Å². The zero-order valence-corrected chi connectivity index (χ0v) is 9.44. The Balaban J connectivity index is 2.17. The molecule has 1 aliphatic carbocycles. The maximum atomic E-state index is 12.8. The first-order valence-electron chi connectivity index (χ1n) is 5.30. The van der Waals surface area contributed by atoms with E-state index in [0.717, 1.165) is 24.2 Å². The number of carbonyl (C=O) groups excluding carboxylic acids is 1. The molecule has 2 aliphatic rings. The molecule has 2 nitrogen and oxygen atoms in total. The minimum absolute atomic E-state index is 0.0547. The Labute approximate surface area is 96.7 Å². The van der Waals surface area contributed by atoms with E-state index in [9.17, 15) is 18.0 Å². The zero-order valence-electron chi connectivity index (χ0n) is 8.69. The quantitative estimate of drug-likeness (QED) is 0.660. The van der Waals surface area contributed by atoms with Crippen molar-refractivity contribution in [1.82, 2.24) is 4.90 Å². The van der Waals surface area contributed by atoms with Crippen LogP contribution in [-0.4, -0.2) is 35.4 Å². The van der Waals surface area contributed by atoms with Crippen molar-refractivity contribution in [3.63, 3.8) is 0 Å². The van der Waals surface area contributed by atoms with Gasteiger partial charge in [-0.1, -0.05) is 6.42 Å². The van der Waals surface area contributed by atoms with E-state index in [1.807, 2.05) is 0 Å². The molecule has 1 heterocycles. The van der Waals surface area contributed by atoms with E-state index in [1.54, 1.807) is 0 Å². The molecule has 0 aromatic rings. The summed E-state index contributed by atoms with van der Waals surface area (Å²) in [4.78, 5) is 12.3. The summed E-state index contributed by atoms with van der Waals surface area (Å²) in [5.41, 5.74) is -0.276. The number of nitrogens with zero attached hydrogens (tertiary/aromatic N) is 1. The van der Waals surface area contributed by atoms with Crippen LogP contribution in [0.1, 0.15) is 25.7 Å². The molecule has 6 heteroatoms. The van der Waals surface area contributed by atoms with Crippen molar-refractivity contribution in [1.29, 1.82) is 0 Å². The summed E-state index contributed by atoms with van der Waals surface area (Å²) in [5, 5.41) is 0. The molecule has 1 atom stereocenters. The number of hydrogen-bond donors (Lipinski definition) is 0. The Morgan fingerprint density at radius 3 is 2.44 bits per heavy atom. The molecular formula is C10H13ClF3NO. The lowest BCUT2D eigenvalue weighted by Crippen LogP contribution is -2.45. The molecule has 92 valence electrons. The molecule has 1 unspecified atom stereocenters. The largest absolute Gasteiger partial charge is 0.408 e. The molecule has 16 heavy (non-hydrogen) atoms. The first kappa shape index (κ1) is 12.0. The number of hydrogen-bond acceptors (Lipinski definition) is 1. The number of rotatable bonds is 1. The predicted octanol–water partition coefficient (Wildman–Crippen LogP) is 2.56. The molecule has 2 fully saturated rings. The normalized spacial score (nSPS) is 28.2. The predicted molar refractivity (Wildman–Crippen MR) is 53.2 cm³/mol. The second kappa shape index (κ2) is 3.79. The van der Waals surface area contributed by atoms with Crippen molar-refractivity contribution in [2.45, 2.75) is 37.9 Å². The number of carbonyl (C=O) groups is 1. The average Bonchev–Trinajstić information content (AvgIpc) is 2.55. The lowest BCUT2D eigenvalue weighted by molar-refractivity contribution is -0.182. The standard InChI is InChI=1S/C10H13ClF3NO/c11-5-8(16)15-6-9(2-1-3-9)4-7(15)10(12,13)14/h7H,1-6H2. The van der Waals surface area contributed by atoms with Crippen LogP contribution in [0.3, 0.4) is 0 Å². The number of amides is 1. The molecule has 0 N–H and O–H groups in total. The molecule has 1 spiro atoms. The minimum atomic E-state index is -4.33. The first-order chi connectivity index (χ1) is 7.38. The zero-order chi connectivity index (χ0) is 12.0. The third-order valence-corrected chi connectivity index (χ3v) is 3.96. The van der Waals surface area contributed by atoms with Gasteiger partial charge in [0, 0.05) is 6.54 Å². The second-order valence-electron chi connectivity index (χ2n) is 4.77. The Kier molecular flexibility index (Phi) is 2.85.